The van der Waals surface area contributed by atoms with Crippen molar-refractivity contribution in [3.63, 3.8) is 0 Å². The highest BCUT2D eigenvalue weighted by Gasteiger charge is 2.12. The molecule has 0 bridgehead atoms. The smallest absolute Gasteiger partial charge is 0.176 e. The van der Waals surface area contributed by atoms with E-state index in [4.69, 9.17) is 35.4 Å². The molecule has 0 amide bonds. The number of halogens is 3. The molecule has 152 valence electrons. The van der Waals surface area contributed by atoms with Gasteiger partial charge >= 0.3 is 0 Å². The molecule has 4 nitrogen and oxygen atoms in total. The maximum absolute atomic E-state index is 14.0. The highest BCUT2D eigenvalue weighted by Crippen LogP contribution is 2.24. The topological polar surface area (TPSA) is 41.9 Å². The lowest BCUT2D eigenvalue weighted by Crippen LogP contribution is -2.19. The van der Waals surface area contributed by atoms with Crippen molar-refractivity contribution in [2.24, 2.45) is 0 Å². The van der Waals surface area contributed by atoms with Crippen LogP contribution in [0.15, 0.2) is 48.7 Å². The second-order valence-corrected chi connectivity index (χ2v) is 7.83. The van der Waals surface area contributed by atoms with Crippen molar-refractivity contribution in [3.8, 4) is 0 Å². The minimum absolute atomic E-state index is 0.159. The Morgan fingerprint density at radius 1 is 1.10 bits per heavy atom. The lowest BCUT2D eigenvalue weighted by molar-refractivity contribution is 0.586. The number of nitrogens with zero attached hydrogens (tertiary/aromatic N) is 2. The zero-order valence-corrected chi connectivity index (χ0v) is 18.2. The molecule has 0 aliphatic heterocycles. The van der Waals surface area contributed by atoms with Gasteiger partial charge in [0.25, 0.3) is 0 Å². The maximum Gasteiger partial charge on any atom is 0.176 e. The third-order valence-corrected chi connectivity index (χ3v) is 5.20. The summed E-state index contributed by atoms with van der Waals surface area (Å²) in [4.78, 5) is 0. The standard InChI is InChI=1S/C21H21Cl2FN4S/c1-2-3-5-14-8-10-15(11-9-14)25-21(29)26-20-18(23)13-28(27-20)12-16-17(22)6-4-7-19(16)24/h4,6-11,13H,2-3,5,12H2,1H3,(H2,25,26,27,29). The summed E-state index contributed by atoms with van der Waals surface area (Å²) >= 11 is 17.7. The van der Waals surface area contributed by atoms with Crippen LogP contribution in [-0.4, -0.2) is 14.9 Å². The van der Waals surface area contributed by atoms with Gasteiger partial charge in [-0.1, -0.05) is 54.7 Å². The summed E-state index contributed by atoms with van der Waals surface area (Å²) in [5, 5.41) is 11.5. The van der Waals surface area contributed by atoms with Gasteiger partial charge in [0.05, 0.1) is 6.54 Å². The zero-order valence-electron chi connectivity index (χ0n) is 15.9. The van der Waals surface area contributed by atoms with Crippen LogP contribution in [0.2, 0.25) is 10.0 Å². The summed E-state index contributed by atoms with van der Waals surface area (Å²) in [5.74, 6) is -0.00519. The second-order valence-electron chi connectivity index (χ2n) is 6.60. The van der Waals surface area contributed by atoms with E-state index < -0.39 is 5.82 Å². The Balaban J connectivity index is 1.62. The van der Waals surface area contributed by atoms with Crippen LogP contribution in [0.3, 0.4) is 0 Å². The van der Waals surface area contributed by atoms with E-state index in [-0.39, 0.29) is 6.54 Å². The molecule has 0 fully saturated rings. The molecule has 0 aliphatic carbocycles. The van der Waals surface area contributed by atoms with Gasteiger partial charge in [-0.15, -0.1) is 0 Å². The first-order chi connectivity index (χ1) is 14.0. The van der Waals surface area contributed by atoms with Crippen molar-refractivity contribution in [3.05, 3.63) is 75.7 Å². The summed E-state index contributed by atoms with van der Waals surface area (Å²) in [5.41, 5.74) is 2.52. The van der Waals surface area contributed by atoms with Gasteiger partial charge in [0, 0.05) is 22.5 Å². The zero-order chi connectivity index (χ0) is 20.8. The van der Waals surface area contributed by atoms with Crippen LogP contribution >= 0.6 is 35.4 Å². The Kier molecular flexibility index (Phi) is 7.47. The quantitative estimate of drug-likeness (QED) is 0.401. The van der Waals surface area contributed by atoms with E-state index in [9.17, 15) is 4.39 Å². The number of aryl methyl sites for hydroxylation is 1. The fourth-order valence-corrected chi connectivity index (χ4v) is 3.45. The average Bonchev–Trinajstić information content (AvgIpc) is 3.03. The van der Waals surface area contributed by atoms with Crippen molar-refractivity contribution in [2.75, 3.05) is 10.6 Å². The van der Waals surface area contributed by atoms with Gasteiger partial charge in [-0.2, -0.15) is 5.10 Å². The third-order valence-electron chi connectivity index (χ3n) is 4.36. The molecular weight excluding hydrogens is 430 g/mol. The van der Waals surface area contributed by atoms with Gasteiger partial charge < -0.3 is 10.6 Å². The predicted molar refractivity (Wildman–Crippen MR) is 123 cm³/mol. The minimum Gasteiger partial charge on any atom is -0.332 e. The first kappa shape index (κ1) is 21.6. The number of benzene rings is 2. The number of aromatic nitrogens is 2. The van der Waals surface area contributed by atoms with Crippen LogP contribution in [0, 0.1) is 5.82 Å². The normalized spacial score (nSPS) is 10.8. The van der Waals surface area contributed by atoms with E-state index in [0.717, 1.165) is 12.1 Å². The Hall–Kier alpha value is -2.15. The number of rotatable bonds is 7. The molecule has 0 saturated carbocycles. The molecular formula is C21H21Cl2FN4S. The lowest BCUT2D eigenvalue weighted by atomic mass is 10.1. The highest BCUT2D eigenvalue weighted by atomic mass is 35.5. The lowest BCUT2D eigenvalue weighted by Gasteiger charge is -2.10. The molecule has 1 heterocycles. The van der Waals surface area contributed by atoms with E-state index in [1.165, 1.54) is 29.2 Å². The minimum atomic E-state index is -0.391. The molecule has 0 saturated heterocycles. The SMILES string of the molecule is CCCCc1ccc(NC(=S)Nc2nn(Cc3c(F)cccc3Cl)cc2Cl)cc1. The van der Waals surface area contributed by atoms with Gasteiger partial charge in [0.15, 0.2) is 10.9 Å². The monoisotopic (exact) mass is 450 g/mol. The summed E-state index contributed by atoms with van der Waals surface area (Å²) < 4.78 is 15.5. The van der Waals surface area contributed by atoms with Crippen LogP contribution in [0.4, 0.5) is 15.9 Å². The van der Waals surface area contributed by atoms with E-state index >= 15 is 0 Å². The Bertz CT molecular complexity index is 969. The summed E-state index contributed by atoms with van der Waals surface area (Å²) in [6, 6.07) is 12.7. The summed E-state index contributed by atoms with van der Waals surface area (Å²) in [6.45, 7) is 2.34. The van der Waals surface area contributed by atoms with Crippen molar-refractivity contribution < 1.29 is 4.39 Å². The van der Waals surface area contributed by atoms with Gasteiger partial charge in [-0.3, -0.25) is 4.68 Å². The molecule has 0 spiro atoms. The molecule has 29 heavy (non-hydrogen) atoms. The molecule has 8 heteroatoms. The largest absolute Gasteiger partial charge is 0.332 e. The Morgan fingerprint density at radius 3 is 2.55 bits per heavy atom. The van der Waals surface area contributed by atoms with Gasteiger partial charge in [-0.25, -0.2) is 4.39 Å². The predicted octanol–water partition coefficient (Wildman–Crippen LogP) is 6.53. The highest BCUT2D eigenvalue weighted by molar-refractivity contribution is 7.80. The third kappa shape index (κ3) is 5.92. The molecule has 3 aromatic rings. The number of hydrogen-bond acceptors (Lipinski definition) is 2. The second kappa shape index (κ2) is 10.1. The molecule has 2 aromatic carbocycles. The van der Waals surface area contributed by atoms with Gasteiger partial charge in [-0.05, 0) is 54.9 Å². The van der Waals surface area contributed by atoms with Crippen LogP contribution in [0.25, 0.3) is 0 Å². The molecule has 0 atom stereocenters. The fourth-order valence-electron chi connectivity index (χ4n) is 2.81. The number of anilines is 2. The van der Waals surface area contributed by atoms with Crippen molar-refractivity contribution in [1.82, 2.24) is 9.78 Å². The Labute approximate surface area is 185 Å². The summed E-state index contributed by atoms with van der Waals surface area (Å²) in [7, 11) is 0. The van der Waals surface area contributed by atoms with E-state index in [2.05, 4.69) is 34.8 Å². The molecule has 3 rings (SSSR count). The first-order valence-corrected chi connectivity index (χ1v) is 10.5. The van der Waals surface area contributed by atoms with E-state index in [1.54, 1.807) is 18.3 Å². The molecule has 2 N–H and O–H groups in total. The number of thiocarbonyl (C=S) groups is 1. The number of nitrogens with one attached hydrogen (secondary N) is 2. The van der Waals surface area contributed by atoms with Crippen LogP contribution in [-0.2, 0) is 13.0 Å². The molecule has 1 aromatic heterocycles. The Morgan fingerprint density at radius 2 is 1.86 bits per heavy atom. The van der Waals surface area contributed by atoms with Crippen molar-refractivity contribution >= 4 is 52.0 Å². The van der Waals surface area contributed by atoms with E-state index in [1.807, 2.05) is 12.1 Å². The first-order valence-electron chi connectivity index (χ1n) is 9.29. The maximum atomic E-state index is 14.0. The average molecular weight is 451 g/mol. The molecule has 0 aliphatic rings. The van der Waals surface area contributed by atoms with Gasteiger partial charge in [0.2, 0.25) is 0 Å². The van der Waals surface area contributed by atoms with E-state index in [0.29, 0.717) is 26.5 Å². The van der Waals surface area contributed by atoms with Gasteiger partial charge in [0.1, 0.15) is 10.8 Å². The molecule has 0 radical (unpaired) electrons. The molecule has 0 unspecified atom stereocenters. The number of unbranched alkanes of at least 4 members (excludes halogenated alkanes) is 1. The van der Waals surface area contributed by atoms with Crippen LogP contribution < -0.4 is 10.6 Å². The van der Waals surface area contributed by atoms with Crippen molar-refractivity contribution in [1.29, 1.82) is 0 Å². The van der Waals surface area contributed by atoms with Crippen LogP contribution in [0.1, 0.15) is 30.9 Å². The number of hydrogen-bond donors (Lipinski definition) is 2. The van der Waals surface area contributed by atoms with Crippen molar-refractivity contribution in [2.45, 2.75) is 32.7 Å². The van der Waals surface area contributed by atoms with Crippen LogP contribution in [0.5, 0.6) is 0 Å². The summed E-state index contributed by atoms with van der Waals surface area (Å²) in [6.07, 6.45) is 5.01. The fraction of sp³-hybridized carbons (Fsp3) is 0.238.